The van der Waals surface area contributed by atoms with Crippen LogP contribution in [0.2, 0.25) is 0 Å². The maximum atomic E-state index is 13.6. The van der Waals surface area contributed by atoms with E-state index in [1.807, 2.05) is 0 Å². The van der Waals surface area contributed by atoms with E-state index in [1.54, 1.807) is 55.6 Å². The molecule has 3 N–H and O–H groups in total. The molecule has 0 spiro atoms. The van der Waals surface area contributed by atoms with E-state index in [-0.39, 0.29) is 32.8 Å². The number of para-hydroxylation sites is 1. The molecule has 2 aromatic rings. The zero-order chi connectivity index (χ0) is 25.6. The number of carbonyl (C=O) groups is 3. The minimum absolute atomic E-state index is 0.0737. The van der Waals surface area contributed by atoms with Crippen LogP contribution in [0.25, 0.3) is 5.57 Å². The summed E-state index contributed by atoms with van der Waals surface area (Å²) in [7, 11) is -1.18. The summed E-state index contributed by atoms with van der Waals surface area (Å²) < 4.78 is 25.5. The molecule has 2 fully saturated rings. The fraction of sp³-hybridized carbons (Fsp3) is 0.250. The van der Waals surface area contributed by atoms with Crippen LogP contribution in [0.1, 0.15) is 12.0 Å². The average molecular weight is 546 g/mol. The summed E-state index contributed by atoms with van der Waals surface area (Å²) in [5.74, 6) is -0.328. The molecule has 2 saturated heterocycles. The zero-order valence-electron chi connectivity index (χ0n) is 19.2. The molecule has 3 amide bonds. The fourth-order valence-electron chi connectivity index (χ4n) is 4.52. The molecule has 0 aromatic heterocycles. The van der Waals surface area contributed by atoms with E-state index >= 15 is 0 Å². The number of ether oxygens (including phenoxy) is 1. The van der Waals surface area contributed by atoms with Crippen LogP contribution in [0.3, 0.4) is 0 Å². The molecule has 9 nitrogen and oxygen atoms in total. The van der Waals surface area contributed by atoms with Crippen LogP contribution in [-0.4, -0.2) is 67.2 Å². The molecule has 0 radical (unpaired) electrons. The van der Waals surface area contributed by atoms with Crippen LogP contribution in [0.4, 0.5) is 11.4 Å². The predicted octanol–water partition coefficient (Wildman–Crippen LogP) is 3.77. The molecule has 0 bridgehead atoms. The Kier molecular flexibility index (Phi) is 6.55. The lowest BCUT2D eigenvalue weighted by molar-refractivity contribution is -0.123. The minimum Gasteiger partial charge on any atom is -0.497 e. The highest BCUT2D eigenvalue weighted by Crippen LogP contribution is 2.50. The molecule has 1 unspecified atom stereocenters. The molecule has 12 heteroatoms. The van der Waals surface area contributed by atoms with Gasteiger partial charge in [0.15, 0.2) is 0 Å². The number of hydrogen-bond acceptors (Lipinski definition) is 8. The minimum atomic E-state index is -2.73. The monoisotopic (exact) mass is 545 g/mol. The Morgan fingerprint density at radius 1 is 1.17 bits per heavy atom. The van der Waals surface area contributed by atoms with Gasteiger partial charge in [-0.1, -0.05) is 42.2 Å². The second-order valence-corrected chi connectivity index (χ2v) is 12.5. The molecule has 3 aliphatic rings. The van der Waals surface area contributed by atoms with Gasteiger partial charge in [0.1, 0.15) is 16.6 Å². The third-order valence-electron chi connectivity index (χ3n) is 6.23. The van der Waals surface area contributed by atoms with Crippen molar-refractivity contribution in [1.82, 2.24) is 4.90 Å². The highest BCUT2D eigenvalue weighted by Gasteiger charge is 2.46. The number of methoxy groups -OCH3 is 1. The van der Waals surface area contributed by atoms with E-state index in [2.05, 4.69) is 5.32 Å². The Labute approximate surface area is 218 Å². The first kappa shape index (κ1) is 24.8. The van der Waals surface area contributed by atoms with Crippen molar-refractivity contribution in [1.29, 1.82) is 0 Å². The number of nitrogens with zero attached hydrogens (tertiary/aromatic N) is 2. The molecule has 5 rings (SSSR count). The van der Waals surface area contributed by atoms with Crippen molar-refractivity contribution in [3.05, 3.63) is 59.0 Å². The molecule has 36 heavy (non-hydrogen) atoms. The Bertz CT molecular complexity index is 1310. The number of hydrogen-bond donors (Lipinski definition) is 3. The topological polar surface area (TPSA) is 119 Å². The summed E-state index contributed by atoms with van der Waals surface area (Å²) >= 11 is 6.48. The van der Waals surface area contributed by atoms with Crippen molar-refractivity contribution < 1.29 is 28.2 Å². The summed E-state index contributed by atoms with van der Waals surface area (Å²) in [4.78, 5) is 42.8. The summed E-state index contributed by atoms with van der Waals surface area (Å²) in [6.45, 7) is -0.241. The standard InChI is InChI=1S/C24H23N3O6S3/c1-33-16-8-6-14(7-9-16)25-19(28)12-26-18-5-3-2-4-17(18)20(22(26)29)21-23(30)27(24(34)35-21)15-10-11-36(31,32)13-15/h2-9,15,31-32H,10-13H2,1H3,(H,25,28)/b21-20-. The van der Waals surface area contributed by atoms with Crippen molar-refractivity contribution in [2.24, 2.45) is 0 Å². The number of thioether (sulfide) groups is 1. The normalized spacial score (nSPS) is 23.8. The van der Waals surface area contributed by atoms with Crippen LogP contribution in [-0.2, 0) is 14.4 Å². The lowest BCUT2D eigenvalue weighted by atomic mass is 10.1. The second kappa shape index (κ2) is 9.52. The average Bonchev–Trinajstić information content (AvgIpc) is 3.44. The molecule has 2 aromatic carbocycles. The summed E-state index contributed by atoms with van der Waals surface area (Å²) in [5.41, 5.74) is 1.84. The fourth-order valence-corrected chi connectivity index (χ4v) is 7.74. The van der Waals surface area contributed by atoms with Gasteiger partial charge >= 0.3 is 0 Å². The van der Waals surface area contributed by atoms with Gasteiger partial charge in [-0.3, -0.25) is 33.3 Å². The van der Waals surface area contributed by atoms with Crippen molar-refractivity contribution in [2.75, 3.05) is 35.4 Å². The van der Waals surface area contributed by atoms with E-state index < -0.39 is 34.4 Å². The van der Waals surface area contributed by atoms with E-state index in [0.717, 1.165) is 11.8 Å². The Morgan fingerprint density at radius 2 is 1.89 bits per heavy atom. The van der Waals surface area contributed by atoms with Crippen molar-refractivity contribution >= 4 is 73.6 Å². The number of nitrogens with one attached hydrogen (secondary N) is 1. The molecule has 3 aliphatic heterocycles. The van der Waals surface area contributed by atoms with Gasteiger partial charge in [0.25, 0.3) is 11.8 Å². The number of fused-ring (bicyclic) bond motifs is 1. The molecular weight excluding hydrogens is 522 g/mol. The smallest absolute Gasteiger partial charge is 0.267 e. The first-order chi connectivity index (χ1) is 17.2. The van der Waals surface area contributed by atoms with Gasteiger partial charge in [-0.05, 0) is 36.8 Å². The SMILES string of the molecule is COc1ccc(NC(=O)CN2C(=O)/C(=C3\SC(=S)N(C4CCS(O)(O)C4)C3=O)c3ccccc32)cc1. The number of anilines is 2. The van der Waals surface area contributed by atoms with Crippen LogP contribution in [0.15, 0.2) is 53.4 Å². The Morgan fingerprint density at radius 3 is 2.56 bits per heavy atom. The molecule has 0 saturated carbocycles. The number of thiocarbonyl (C=S) groups is 1. The van der Waals surface area contributed by atoms with Crippen molar-refractivity contribution in [3.8, 4) is 5.75 Å². The predicted molar refractivity (Wildman–Crippen MR) is 145 cm³/mol. The summed E-state index contributed by atoms with van der Waals surface area (Å²) in [6.07, 6.45) is 0.430. The molecule has 0 aliphatic carbocycles. The largest absolute Gasteiger partial charge is 0.497 e. The van der Waals surface area contributed by atoms with Gasteiger partial charge in [0.2, 0.25) is 5.91 Å². The van der Waals surface area contributed by atoms with E-state index in [0.29, 0.717) is 29.1 Å². The van der Waals surface area contributed by atoms with Gasteiger partial charge in [-0.25, -0.2) is 0 Å². The molecule has 188 valence electrons. The van der Waals surface area contributed by atoms with Gasteiger partial charge in [-0.2, -0.15) is 10.6 Å². The molecular formula is C24H23N3O6S3. The molecule has 1 atom stereocenters. The van der Waals surface area contributed by atoms with Crippen molar-refractivity contribution in [3.63, 3.8) is 0 Å². The van der Waals surface area contributed by atoms with Crippen LogP contribution >= 0.6 is 34.6 Å². The van der Waals surface area contributed by atoms with Crippen LogP contribution in [0, 0.1) is 0 Å². The van der Waals surface area contributed by atoms with Gasteiger partial charge in [0, 0.05) is 17.0 Å². The Balaban J connectivity index is 1.41. The number of benzene rings is 2. The Hall–Kier alpha value is -2.90. The van der Waals surface area contributed by atoms with E-state index in [1.165, 1.54) is 9.80 Å². The third-order valence-corrected chi connectivity index (χ3v) is 9.44. The lowest BCUT2D eigenvalue weighted by Gasteiger charge is -2.28. The number of rotatable bonds is 5. The number of carbonyl (C=O) groups excluding carboxylic acids is 3. The van der Waals surface area contributed by atoms with E-state index in [9.17, 15) is 23.5 Å². The first-order valence-electron chi connectivity index (χ1n) is 11.1. The maximum Gasteiger partial charge on any atom is 0.267 e. The number of amides is 3. The van der Waals surface area contributed by atoms with Gasteiger partial charge in [0.05, 0.1) is 35.1 Å². The van der Waals surface area contributed by atoms with Crippen LogP contribution in [0.5, 0.6) is 5.75 Å². The second-order valence-electron chi connectivity index (χ2n) is 8.55. The van der Waals surface area contributed by atoms with Crippen molar-refractivity contribution in [2.45, 2.75) is 12.5 Å². The highest BCUT2D eigenvalue weighted by atomic mass is 32.3. The zero-order valence-corrected chi connectivity index (χ0v) is 21.6. The summed E-state index contributed by atoms with van der Waals surface area (Å²) in [6, 6.07) is 13.4. The van der Waals surface area contributed by atoms with Gasteiger partial charge in [-0.15, -0.1) is 0 Å². The molecule has 3 heterocycles. The van der Waals surface area contributed by atoms with E-state index in [4.69, 9.17) is 17.0 Å². The lowest BCUT2D eigenvalue weighted by Crippen LogP contribution is -2.39. The quantitative estimate of drug-likeness (QED) is 0.384. The maximum absolute atomic E-state index is 13.6. The van der Waals surface area contributed by atoms with Gasteiger partial charge < -0.3 is 10.1 Å². The summed E-state index contributed by atoms with van der Waals surface area (Å²) in [5, 5.41) is 2.77. The third kappa shape index (κ3) is 4.50. The first-order valence-corrected chi connectivity index (χ1v) is 14.2. The van der Waals surface area contributed by atoms with Crippen LogP contribution < -0.4 is 15.0 Å². The highest BCUT2D eigenvalue weighted by molar-refractivity contribution is 8.27.